The number of hydrogen-bond acceptors (Lipinski definition) is 4. The number of anilines is 1. The molecule has 0 unspecified atom stereocenters. The summed E-state index contributed by atoms with van der Waals surface area (Å²) in [5.41, 5.74) is 2.04. The molecule has 0 aliphatic heterocycles. The molecule has 0 fully saturated rings. The first-order chi connectivity index (χ1) is 9.26. The summed E-state index contributed by atoms with van der Waals surface area (Å²) >= 11 is 0. The molecule has 1 aromatic rings. The van der Waals surface area contributed by atoms with Crippen molar-refractivity contribution in [3.8, 4) is 0 Å². The van der Waals surface area contributed by atoms with Gasteiger partial charge in [0.1, 0.15) is 6.61 Å². The van der Waals surface area contributed by atoms with Gasteiger partial charge in [-0.15, -0.1) is 0 Å². The van der Waals surface area contributed by atoms with Crippen LogP contribution >= 0.6 is 0 Å². The zero-order valence-corrected chi connectivity index (χ0v) is 11.6. The summed E-state index contributed by atoms with van der Waals surface area (Å²) in [5.74, 6) is 0. The first kappa shape index (κ1) is 15.3. The predicted molar refractivity (Wildman–Crippen MR) is 75.3 cm³/mol. The molecule has 0 aromatic heterocycles. The highest BCUT2D eigenvalue weighted by atomic mass is 16.5. The second-order valence-corrected chi connectivity index (χ2v) is 4.12. The molecular weight excluding hydrogens is 244 g/mol. The van der Waals surface area contributed by atoms with Crippen molar-refractivity contribution in [3.63, 3.8) is 0 Å². The monoisotopic (exact) mass is 266 g/mol. The minimum Gasteiger partial charge on any atom is -0.445 e. The Morgan fingerprint density at radius 2 is 1.95 bits per heavy atom. The molecule has 0 spiro atoms. The van der Waals surface area contributed by atoms with Crippen LogP contribution in [-0.2, 0) is 16.1 Å². The van der Waals surface area contributed by atoms with Gasteiger partial charge in [0.2, 0.25) is 0 Å². The lowest BCUT2D eigenvalue weighted by molar-refractivity contribution is 0.133. The van der Waals surface area contributed by atoms with Crippen molar-refractivity contribution < 1.29 is 14.3 Å². The molecule has 0 saturated carbocycles. The molecule has 0 aliphatic carbocycles. The Hall–Kier alpha value is -1.75. The number of nitrogens with one attached hydrogen (secondary N) is 2. The van der Waals surface area contributed by atoms with E-state index in [0.29, 0.717) is 13.2 Å². The van der Waals surface area contributed by atoms with Crippen molar-refractivity contribution in [3.05, 3.63) is 29.8 Å². The molecule has 0 heterocycles. The number of methoxy groups -OCH3 is 1. The maximum atomic E-state index is 11.3. The van der Waals surface area contributed by atoms with Gasteiger partial charge in [0, 0.05) is 25.9 Å². The van der Waals surface area contributed by atoms with Gasteiger partial charge in [-0.25, -0.2) is 4.79 Å². The summed E-state index contributed by atoms with van der Waals surface area (Å²) in [6.07, 6.45) is 0.664. The Labute approximate surface area is 114 Å². The number of benzene rings is 1. The zero-order chi connectivity index (χ0) is 13.9. The smallest absolute Gasteiger partial charge is 0.407 e. The van der Waals surface area contributed by atoms with E-state index < -0.39 is 6.09 Å². The molecule has 5 heteroatoms. The second kappa shape index (κ2) is 9.22. The van der Waals surface area contributed by atoms with Crippen LogP contribution < -0.4 is 10.6 Å². The van der Waals surface area contributed by atoms with Crippen LogP contribution in [0.3, 0.4) is 0 Å². The molecule has 1 rings (SSSR count). The average Bonchev–Trinajstić information content (AvgIpc) is 2.44. The Morgan fingerprint density at radius 3 is 2.58 bits per heavy atom. The van der Waals surface area contributed by atoms with E-state index >= 15 is 0 Å². The molecule has 0 bridgehead atoms. The van der Waals surface area contributed by atoms with Crippen LogP contribution in [0.15, 0.2) is 24.3 Å². The number of rotatable bonds is 8. The molecule has 19 heavy (non-hydrogen) atoms. The van der Waals surface area contributed by atoms with Gasteiger partial charge in [-0.1, -0.05) is 19.1 Å². The lowest BCUT2D eigenvalue weighted by atomic mass is 10.2. The highest BCUT2D eigenvalue weighted by Crippen LogP contribution is 2.10. The second-order valence-electron chi connectivity index (χ2n) is 4.12. The van der Waals surface area contributed by atoms with Crippen LogP contribution in [-0.4, -0.2) is 32.9 Å². The minimum absolute atomic E-state index is 0.271. The lowest BCUT2D eigenvalue weighted by Gasteiger charge is -2.08. The van der Waals surface area contributed by atoms with Crippen molar-refractivity contribution >= 4 is 11.8 Å². The fourth-order valence-corrected chi connectivity index (χ4v) is 1.44. The van der Waals surface area contributed by atoms with Gasteiger partial charge in [0.05, 0.1) is 6.61 Å². The predicted octanol–water partition coefficient (Wildman–Crippen LogP) is 2.38. The van der Waals surface area contributed by atoms with Gasteiger partial charge in [-0.2, -0.15) is 0 Å². The average molecular weight is 266 g/mol. The van der Waals surface area contributed by atoms with Crippen LogP contribution in [0.1, 0.15) is 18.9 Å². The van der Waals surface area contributed by atoms with E-state index in [2.05, 4.69) is 17.6 Å². The fraction of sp³-hybridized carbons (Fsp3) is 0.500. The van der Waals surface area contributed by atoms with Gasteiger partial charge in [-0.05, 0) is 24.1 Å². The lowest BCUT2D eigenvalue weighted by Crippen LogP contribution is -2.27. The van der Waals surface area contributed by atoms with Crippen molar-refractivity contribution in [2.45, 2.75) is 20.0 Å². The van der Waals surface area contributed by atoms with E-state index in [-0.39, 0.29) is 6.61 Å². The van der Waals surface area contributed by atoms with Crippen molar-refractivity contribution in [2.24, 2.45) is 0 Å². The zero-order valence-electron chi connectivity index (χ0n) is 11.6. The number of ether oxygens (including phenoxy) is 2. The summed E-state index contributed by atoms with van der Waals surface area (Å²) in [7, 11) is 1.58. The Bertz CT molecular complexity index is 365. The number of carbonyl (C=O) groups excluding carboxylic acids is 1. The summed E-state index contributed by atoms with van der Waals surface area (Å²) < 4.78 is 9.89. The standard InChI is InChI=1S/C14H22N2O3/c1-3-8-15-13-6-4-12(5-7-13)11-19-14(17)16-9-10-18-2/h4-7,15H,3,8-11H2,1-2H3,(H,16,17). The molecule has 1 aromatic carbocycles. The molecule has 2 N–H and O–H groups in total. The quantitative estimate of drug-likeness (QED) is 0.709. The van der Waals surface area contributed by atoms with E-state index in [0.717, 1.165) is 24.2 Å². The van der Waals surface area contributed by atoms with Crippen LogP contribution in [0.25, 0.3) is 0 Å². The van der Waals surface area contributed by atoms with Crippen LogP contribution in [0, 0.1) is 0 Å². The highest BCUT2D eigenvalue weighted by molar-refractivity contribution is 5.67. The van der Waals surface area contributed by atoms with Gasteiger partial charge >= 0.3 is 6.09 Å². The summed E-state index contributed by atoms with van der Waals surface area (Å²) in [4.78, 5) is 11.3. The topological polar surface area (TPSA) is 59.6 Å². The van der Waals surface area contributed by atoms with E-state index in [9.17, 15) is 4.79 Å². The summed E-state index contributed by atoms with van der Waals surface area (Å²) in [5, 5.41) is 5.88. The van der Waals surface area contributed by atoms with Crippen LogP contribution in [0.2, 0.25) is 0 Å². The third kappa shape index (κ3) is 6.67. The van der Waals surface area contributed by atoms with Crippen LogP contribution in [0.5, 0.6) is 0 Å². The molecule has 5 nitrogen and oxygen atoms in total. The van der Waals surface area contributed by atoms with Crippen molar-refractivity contribution in [1.29, 1.82) is 0 Å². The van der Waals surface area contributed by atoms with Crippen molar-refractivity contribution in [1.82, 2.24) is 5.32 Å². The number of alkyl carbamates (subject to hydrolysis) is 1. The largest absolute Gasteiger partial charge is 0.445 e. The first-order valence-corrected chi connectivity index (χ1v) is 6.48. The van der Waals surface area contributed by atoms with Gasteiger partial charge in [0.15, 0.2) is 0 Å². The molecular formula is C14H22N2O3. The first-order valence-electron chi connectivity index (χ1n) is 6.48. The highest BCUT2D eigenvalue weighted by Gasteiger charge is 2.01. The maximum Gasteiger partial charge on any atom is 0.407 e. The van der Waals surface area contributed by atoms with Crippen molar-refractivity contribution in [2.75, 3.05) is 32.1 Å². The number of amides is 1. The van der Waals surface area contributed by atoms with Gasteiger partial charge < -0.3 is 20.1 Å². The van der Waals surface area contributed by atoms with E-state index in [1.165, 1.54) is 0 Å². The molecule has 106 valence electrons. The number of hydrogen-bond donors (Lipinski definition) is 2. The Kier molecular flexibility index (Phi) is 7.43. The van der Waals surface area contributed by atoms with Crippen LogP contribution in [0.4, 0.5) is 10.5 Å². The van der Waals surface area contributed by atoms with E-state index in [4.69, 9.17) is 9.47 Å². The van der Waals surface area contributed by atoms with Gasteiger partial charge in [0.25, 0.3) is 0 Å². The normalized spacial score (nSPS) is 10.0. The SMILES string of the molecule is CCCNc1ccc(COC(=O)NCCOC)cc1. The molecule has 1 amide bonds. The van der Waals surface area contributed by atoms with E-state index in [1.54, 1.807) is 7.11 Å². The summed E-state index contributed by atoms with van der Waals surface area (Å²) in [6.45, 7) is 4.28. The minimum atomic E-state index is -0.426. The van der Waals surface area contributed by atoms with Gasteiger partial charge in [-0.3, -0.25) is 0 Å². The van der Waals surface area contributed by atoms with E-state index in [1.807, 2.05) is 24.3 Å². The molecule has 0 aliphatic rings. The molecule has 0 radical (unpaired) electrons. The summed E-state index contributed by atoms with van der Waals surface area (Å²) in [6, 6.07) is 7.86. The fourth-order valence-electron chi connectivity index (χ4n) is 1.44. The Balaban J connectivity index is 2.27. The third-order valence-corrected chi connectivity index (χ3v) is 2.48. The maximum absolute atomic E-state index is 11.3. The number of carbonyl (C=O) groups is 1. The molecule has 0 saturated heterocycles. The third-order valence-electron chi connectivity index (χ3n) is 2.48. The Morgan fingerprint density at radius 1 is 1.21 bits per heavy atom. The molecule has 0 atom stereocenters.